The number of hydrogen-bond acceptors (Lipinski definition) is 25. The van der Waals surface area contributed by atoms with Crippen LogP contribution in [0.25, 0.3) is 22.3 Å². The van der Waals surface area contributed by atoms with Crippen molar-refractivity contribution in [1.82, 2.24) is 113 Å². The zero-order valence-corrected chi connectivity index (χ0v) is 75.7. The Labute approximate surface area is 766 Å². The Morgan fingerprint density at radius 3 is 1.92 bits per heavy atom. The van der Waals surface area contributed by atoms with Crippen molar-refractivity contribution < 1.29 is 33.4 Å². The number of nitrogens with two attached hydrogens (primary N) is 2. The molecule has 33 nitrogen and oxygen atoms in total. The van der Waals surface area contributed by atoms with Crippen molar-refractivity contribution in [3.63, 3.8) is 0 Å². The molecule has 12 aliphatic heterocycles. The summed E-state index contributed by atoms with van der Waals surface area (Å²) in [6, 6.07) is 48.7. The standard InChI is InChI=1S/C15H20N2O.C13H17N3O.C12H13N3O.C12H16N2O2.C11H12FN3.C11H16N2O.C7H14N2O.C6H10N4O.C6H9N3.C4H9N/c18-14-15(6-9-16-10-7-15)8-11-17(14)12-13-4-2-1-3-5-13;17-12-13(6-8-14-9-7-13)16(10-15-12)11-4-2-1-3-5-11;13-8-9-15-12(16)7-6-11(14-15)10-4-2-1-3-5-10;1-2-11-12(16-9-15-11)7-10(1)8-14-5-3-13-4-6-14;12-7-3-4-8-10(6-7)15-11(14-8)9-2-1-5-13-9;14-11(9-3-6-12-7-4-9)10-2-1-5-13-8-10;8-4-2-6-9-5-1-3-7(9)10;11-6-8-5(9-10-6)4-2-1-3-7-4;1-2-7-3-5-4-8-9-6(1)5;1-2-4-5-3-1/h1-5,16H,6-12H2;1-5,14H,6-10H2,(H,15,17);1-7H,8-9,13H2;1-2,7,13H,3-6,8-9H2;3-4,6,9,13H,1-2,5H2,(H,14,15);1-2,5,8-9,11-12,14H,3-4,6-7H2;1-6,8H2;4,7H,1-3H2,(H2,8,9,10,11);4,7H,1-3H2,(H,8,9);5H,1-4H2. The molecule has 131 heavy (non-hydrogen) atoms. The van der Waals surface area contributed by atoms with Crippen molar-refractivity contribution >= 4 is 34.4 Å². The van der Waals surface area contributed by atoms with E-state index in [4.69, 9.17) is 20.9 Å². The second kappa shape index (κ2) is 51.7. The van der Waals surface area contributed by atoms with Gasteiger partial charge in [-0.2, -0.15) is 15.3 Å². The number of anilines is 1. The van der Waals surface area contributed by atoms with E-state index in [1.54, 1.807) is 24.5 Å². The Hall–Kier alpha value is -11.0. The van der Waals surface area contributed by atoms with Gasteiger partial charge in [0, 0.05) is 132 Å². The number of rotatable bonds is 15. The van der Waals surface area contributed by atoms with Crippen molar-refractivity contribution in [1.29, 1.82) is 0 Å². The van der Waals surface area contributed by atoms with Gasteiger partial charge in [0.05, 0.1) is 59.7 Å². The molecule has 10 saturated heterocycles. The third-order valence-corrected chi connectivity index (χ3v) is 25.6. The van der Waals surface area contributed by atoms with Crippen LogP contribution in [0, 0.1) is 17.2 Å². The monoisotopic (exact) mass is 1800 g/mol. The summed E-state index contributed by atoms with van der Waals surface area (Å²) in [6.45, 7) is 23.9. The molecular formula is C97H136FN25O8. The number of halogens is 1. The van der Waals surface area contributed by atoms with Gasteiger partial charge in [-0.3, -0.25) is 39.1 Å². The van der Waals surface area contributed by atoms with Gasteiger partial charge in [0.1, 0.15) is 23.0 Å². The van der Waals surface area contributed by atoms with Gasteiger partial charge in [-0.25, -0.2) is 23.9 Å². The summed E-state index contributed by atoms with van der Waals surface area (Å²) in [5.41, 5.74) is 20.6. The molecular weight excluding hydrogens is 1660 g/mol. The maximum absolute atomic E-state index is 13.0. The third-order valence-electron chi connectivity index (χ3n) is 25.6. The number of aliphatic hydroxyl groups excluding tert-OH is 1. The van der Waals surface area contributed by atoms with E-state index in [-0.39, 0.29) is 46.1 Å². The SMILES string of the molecule is C1CCNC1.Fc1ccc2nc(C3CCCN3)[nH]c2c1.NCCCN1CCCC1=O.NCCn1nc(-c2ccccc2)ccc1=O.O=C1N(Cc2ccccc2)CCC12CCNCC2.O=C1NCN(c2ccccc2)C12CCNCC2.O=c1[nH]nc(C2CCCN2)[nH]1.OC(c1cccnc1)C1CCNCC1.c1cc2c(cc1CN1CCNCC1)OCO2.c1n[nH]c2c1CNCC2. The number of pyridine rings is 1. The fourth-order valence-electron chi connectivity index (χ4n) is 18.2. The maximum Gasteiger partial charge on any atom is 0.340 e. The molecule has 0 radical (unpaired) electrons. The number of aliphatic hydroxyl groups is 1. The van der Waals surface area contributed by atoms with E-state index < -0.39 is 0 Å². The number of piperidine rings is 3. The van der Waals surface area contributed by atoms with E-state index in [1.165, 1.54) is 77.6 Å². The summed E-state index contributed by atoms with van der Waals surface area (Å²) < 4.78 is 25.0. The molecule has 3 atom stereocenters. The van der Waals surface area contributed by atoms with Crippen molar-refractivity contribution in [2.24, 2.45) is 22.8 Å². The lowest BCUT2D eigenvalue weighted by Crippen LogP contribution is -2.55. The van der Waals surface area contributed by atoms with Crippen LogP contribution in [-0.4, -0.2) is 238 Å². The number of hydrogen-bond donors (Lipinski definition) is 16. The normalized spacial score (nSPS) is 20.0. The number of nitrogens with zero attached hydrogens (tertiary/aromatic N) is 10. The van der Waals surface area contributed by atoms with E-state index in [0.29, 0.717) is 56.9 Å². The fourth-order valence-corrected chi connectivity index (χ4v) is 18.2. The number of fused-ring (bicyclic) bond motifs is 3. The summed E-state index contributed by atoms with van der Waals surface area (Å²) >= 11 is 0. The largest absolute Gasteiger partial charge is 0.454 e. The number of benzene rings is 5. The Balaban J connectivity index is 0.000000125. The number of H-pyrrole nitrogens is 4. The first-order valence-electron chi connectivity index (χ1n) is 47.2. The fraction of sp³-hybridized carbons (Fsp3) is 0.505. The summed E-state index contributed by atoms with van der Waals surface area (Å²) in [6.07, 6.45) is 23.0. The Bertz CT molecular complexity index is 5110. The van der Waals surface area contributed by atoms with Gasteiger partial charge in [-0.1, -0.05) is 91.0 Å². The highest BCUT2D eigenvalue weighted by Crippen LogP contribution is 2.41. The van der Waals surface area contributed by atoms with E-state index in [0.717, 1.165) is 271 Å². The van der Waals surface area contributed by atoms with Gasteiger partial charge in [0.15, 0.2) is 11.5 Å². The van der Waals surface area contributed by atoms with Crippen LogP contribution in [0.4, 0.5) is 10.1 Å². The average Bonchev–Trinajstić information content (AvgIpc) is 1.62. The molecule has 5 aromatic carbocycles. The Kier molecular flexibility index (Phi) is 38.5. The maximum atomic E-state index is 13.0. The first-order chi connectivity index (χ1) is 64.2. The Morgan fingerprint density at radius 1 is 0.565 bits per heavy atom. The van der Waals surface area contributed by atoms with Crippen LogP contribution >= 0.6 is 0 Å². The van der Waals surface area contributed by atoms with Crippen molar-refractivity contribution in [3.05, 3.63) is 237 Å². The number of likely N-dealkylation sites (tertiary alicyclic amines) is 2. The smallest absolute Gasteiger partial charge is 0.340 e. The second-order valence-electron chi connectivity index (χ2n) is 34.7. The number of nitrogens with one attached hydrogen (secondary N) is 13. The molecule has 17 heterocycles. The van der Waals surface area contributed by atoms with E-state index in [1.807, 2.05) is 101 Å². The summed E-state index contributed by atoms with van der Waals surface area (Å²) in [5.74, 6) is 4.43. The van der Waals surface area contributed by atoms with Gasteiger partial charge in [0.25, 0.3) is 5.56 Å². The number of carbonyl (C=O) groups is 3. The molecule has 3 amide bonds. The molecule has 704 valence electrons. The number of aromatic nitrogens is 10. The topological polar surface area (TPSA) is 430 Å². The first-order valence-corrected chi connectivity index (χ1v) is 47.2. The highest BCUT2D eigenvalue weighted by Gasteiger charge is 2.49. The number of piperazine rings is 1. The third kappa shape index (κ3) is 29.0. The van der Waals surface area contributed by atoms with Crippen molar-refractivity contribution in [2.45, 2.75) is 159 Å². The molecule has 3 unspecified atom stereocenters. The highest BCUT2D eigenvalue weighted by molar-refractivity contribution is 5.93. The van der Waals surface area contributed by atoms with E-state index >= 15 is 0 Å². The summed E-state index contributed by atoms with van der Waals surface area (Å²) in [5, 5.41) is 56.8. The van der Waals surface area contributed by atoms with Gasteiger partial charge in [-0.15, -0.1) is 0 Å². The predicted octanol–water partition coefficient (Wildman–Crippen LogP) is 7.33. The van der Waals surface area contributed by atoms with Gasteiger partial charge in [-0.05, 0) is 246 Å². The Morgan fingerprint density at radius 2 is 1.26 bits per heavy atom. The van der Waals surface area contributed by atoms with Crippen molar-refractivity contribution in [2.75, 3.05) is 149 Å². The number of imidazole rings is 1. The minimum Gasteiger partial charge on any atom is -0.454 e. The van der Waals surface area contributed by atoms with Crippen LogP contribution in [0.5, 0.6) is 11.5 Å². The molecule has 10 aromatic rings. The van der Waals surface area contributed by atoms with E-state index in [2.05, 4.69) is 139 Å². The minimum atomic E-state index is -0.342. The van der Waals surface area contributed by atoms with Crippen LogP contribution in [0.3, 0.4) is 0 Å². The minimum absolute atomic E-state index is 0.0416. The van der Waals surface area contributed by atoms with E-state index in [9.17, 15) is 33.5 Å². The van der Waals surface area contributed by atoms with Gasteiger partial charge >= 0.3 is 5.69 Å². The summed E-state index contributed by atoms with van der Waals surface area (Å²) in [4.78, 5) is 80.7. The average molecular weight is 1800 g/mol. The molecule has 22 rings (SSSR count). The lowest BCUT2D eigenvalue weighted by atomic mass is 9.78. The zero-order chi connectivity index (χ0) is 91.1. The van der Waals surface area contributed by atoms with Gasteiger partial charge in [0.2, 0.25) is 24.5 Å². The molecule has 0 bridgehead atoms. The number of aromatic amines is 4. The quantitative estimate of drug-likeness (QED) is 0.0477. The van der Waals surface area contributed by atoms with Crippen LogP contribution in [0.2, 0.25) is 0 Å². The van der Waals surface area contributed by atoms with Crippen LogP contribution < -0.4 is 84.9 Å². The molecule has 5 aromatic heterocycles. The number of ether oxygens (including phenoxy) is 2. The molecule has 0 saturated carbocycles. The number of carbonyl (C=O) groups excluding carboxylic acids is 3. The predicted molar refractivity (Wildman–Crippen MR) is 507 cm³/mol. The molecule has 12 aliphatic rings. The zero-order valence-electron chi connectivity index (χ0n) is 75.7. The lowest BCUT2D eigenvalue weighted by Gasteiger charge is -2.40. The van der Waals surface area contributed by atoms with Gasteiger partial charge < -0.3 is 93.6 Å². The number of amides is 3. The second-order valence-corrected chi connectivity index (χ2v) is 34.7. The van der Waals surface area contributed by atoms with Crippen LogP contribution in [0.15, 0.2) is 180 Å². The molecule has 0 aliphatic carbocycles. The van der Waals surface area contributed by atoms with Crippen LogP contribution in [-0.2, 0) is 47.0 Å². The molecule has 34 heteroatoms. The lowest BCUT2D eigenvalue weighted by molar-refractivity contribution is -0.137. The molecule has 18 N–H and O–H groups in total. The molecule has 2 spiro atoms. The molecule has 10 fully saturated rings. The highest BCUT2D eigenvalue weighted by atomic mass is 19.1. The number of para-hydroxylation sites is 1. The first kappa shape index (κ1) is 97.5. The summed E-state index contributed by atoms with van der Waals surface area (Å²) in [7, 11) is 0. The van der Waals surface area contributed by atoms with Crippen molar-refractivity contribution in [3.8, 4) is 22.8 Å². The van der Waals surface area contributed by atoms with Crippen LogP contribution in [0.1, 0.15) is 161 Å².